The van der Waals surface area contributed by atoms with E-state index in [4.69, 9.17) is 4.74 Å². The van der Waals surface area contributed by atoms with Crippen molar-refractivity contribution in [3.05, 3.63) is 81.8 Å². The van der Waals surface area contributed by atoms with Crippen LogP contribution in [0.4, 0.5) is 18.0 Å². The highest BCUT2D eigenvalue weighted by atomic mass is 32.2. The van der Waals surface area contributed by atoms with Crippen LogP contribution in [0.2, 0.25) is 0 Å². The first-order chi connectivity index (χ1) is 16.4. The molecule has 9 heteroatoms. The second-order valence-corrected chi connectivity index (χ2v) is 9.49. The van der Waals surface area contributed by atoms with Crippen molar-refractivity contribution in [2.24, 2.45) is 0 Å². The molecule has 0 N–H and O–H groups in total. The minimum Gasteiger partial charge on any atom is -0.618 e. The van der Waals surface area contributed by atoms with Gasteiger partial charge < -0.3 is 14.7 Å². The highest BCUT2D eigenvalue weighted by Crippen LogP contribution is 2.38. The van der Waals surface area contributed by atoms with Crippen LogP contribution in [-0.4, -0.2) is 18.8 Å². The van der Waals surface area contributed by atoms with Gasteiger partial charge in [-0.25, -0.2) is 4.79 Å². The number of alkyl halides is 3. The van der Waals surface area contributed by atoms with Crippen molar-refractivity contribution in [2.75, 3.05) is 7.11 Å². The molecule has 186 valence electrons. The molecule has 0 aliphatic rings. The predicted octanol–water partition coefficient (Wildman–Crippen LogP) is 7.08. The van der Waals surface area contributed by atoms with Gasteiger partial charge in [0.2, 0.25) is 5.69 Å². The lowest BCUT2D eigenvalue weighted by molar-refractivity contribution is -0.622. The topological polar surface area (TPSA) is 62.5 Å². The zero-order chi connectivity index (χ0) is 25.9. The number of thioether (sulfide) groups is 1. The minimum atomic E-state index is -4.33. The molecule has 0 aliphatic heterocycles. The van der Waals surface area contributed by atoms with E-state index in [1.165, 1.54) is 19.2 Å². The number of pyridine rings is 1. The van der Waals surface area contributed by atoms with Gasteiger partial charge in [-0.05, 0) is 47.5 Å². The number of carbonyl (C=O) groups is 1. The molecule has 0 amide bonds. The molecule has 3 aromatic rings. The Morgan fingerprint density at radius 2 is 1.57 bits per heavy atom. The fraction of sp³-hybridized carbons (Fsp3) is 0.308. The van der Waals surface area contributed by atoms with Gasteiger partial charge in [0.25, 0.3) is 0 Å². The van der Waals surface area contributed by atoms with Gasteiger partial charge in [-0.3, -0.25) is 0 Å². The van der Waals surface area contributed by atoms with E-state index in [2.05, 4.69) is 4.74 Å². The molecular weight excluding hydrogens is 479 g/mol. The van der Waals surface area contributed by atoms with Crippen LogP contribution < -0.4 is 9.47 Å². The number of halogens is 3. The van der Waals surface area contributed by atoms with Gasteiger partial charge >= 0.3 is 11.7 Å². The Hall–Kier alpha value is -3.20. The maximum Gasteiger partial charge on any atom is 0.513 e. The Morgan fingerprint density at radius 3 is 2.06 bits per heavy atom. The molecular formula is C26H26F3NO4S. The molecule has 0 bridgehead atoms. The molecule has 0 spiro atoms. The van der Waals surface area contributed by atoms with E-state index in [-0.39, 0.29) is 22.6 Å². The second-order valence-electron chi connectivity index (χ2n) is 8.35. The first-order valence-corrected chi connectivity index (χ1v) is 11.7. The van der Waals surface area contributed by atoms with Crippen LogP contribution in [0.15, 0.2) is 53.4 Å². The molecule has 0 atom stereocenters. The van der Waals surface area contributed by atoms with E-state index >= 15 is 0 Å². The van der Waals surface area contributed by atoms with E-state index < -0.39 is 11.7 Å². The Kier molecular flexibility index (Phi) is 8.00. The van der Waals surface area contributed by atoms with Gasteiger partial charge in [-0.1, -0.05) is 50.2 Å². The number of carbonyl (C=O) groups excluding carboxylic acids is 1. The van der Waals surface area contributed by atoms with Crippen LogP contribution in [0.1, 0.15) is 47.8 Å². The predicted molar refractivity (Wildman–Crippen MR) is 129 cm³/mol. The van der Waals surface area contributed by atoms with Crippen LogP contribution >= 0.6 is 11.8 Å². The number of methoxy groups -OCH3 is 1. The summed E-state index contributed by atoms with van der Waals surface area (Å²) in [5.41, 5.74) is 0.273. The average Bonchev–Trinajstić information content (AvgIpc) is 2.80. The molecule has 3 rings (SSSR count). The summed E-state index contributed by atoms with van der Waals surface area (Å²) < 4.78 is 48.7. The Bertz CT molecular complexity index is 1210. The summed E-state index contributed by atoms with van der Waals surface area (Å²) in [6.45, 7) is 7.19. The number of ether oxygens (including phenoxy) is 2. The molecule has 0 fully saturated rings. The summed E-state index contributed by atoms with van der Waals surface area (Å²) >= 11 is -0.150. The third-order valence-corrected chi connectivity index (χ3v) is 6.38. The summed E-state index contributed by atoms with van der Waals surface area (Å²) in [5.74, 6) is 0.182. The highest BCUT2D eigenvalue weighted by Gasteiger charge is 2.30. The zero-order valence-electron chi connectivity index (χ0n) is 20.0. The van der Waals surface area contributed by atoms with Crippen LogP contribution in [0, 0.1) is 19.1 Å². The average molecular weight is 506 g/mol. The van der Waals surface area contributed by atoms with Crippen LogP contribution in [0.3, 0.4) is 0 Å². The summed E-state index contributed by atoms with van der Waals surface area (Å²) in [7, 11) is 1.22. The first-order valence-electron chi connectivity index (χ1n) is 10.9. The van der Waals surface area contributed by atoms with Crippen molar-refractivity contribution >= 4 is 17.9 Å². The maximum atomic E-state index is 13.0. The van der Waals surface area contributed by atoms with E-state index in [0.717, 1.165) is 21.4 Å². The number of hydrogen-bond acceptors (Lipinski definition) is 5. The maximum absolute atomic E-state index is 13.0. The SMILES string of the molecule is COC(=O)Oc1c(C)c(C)[n+]([O-])c(C(C)C)c1Cc1ccc(-c2ccc(SC(F)(F)F)cc2)cc1. The molecule has 2 aromatic carbocycles. The third kappa shape index (κ3) is 6.28. The quantitative estimate of drug-likeness (QED) is 0.155. The molecule has 5 nitrogen and oxygen atoms in total. The summed E-state index contributed by atoms with van der Waals surface area (Å²) in [4.78, 5) is 12.0. The number of benzene rings is 2. The number of rotatable bonds is 6. The Labute approximate surface area is 206 Å². The molecule has 1 heterocycles. The largest absolute Gasteiger partial charge is 0.618 e. The molecule has 35 heavy (non-hydrogen) atoms. The van der Waals surface area contributed by atoms with Crippen molar-refractivity contribution in [3.63, 3.8) is 0 Å². The fourth-order valence-electron chi connectivity index (χ4n) is 3.85. The van der Waals surface area contributed by atoms with Crippen LogP contribution in [0.5, 0.6) is 5.75 Å². The molecule has 0 unspecified atom stereocenters. The van der Waals surface area contributed by atoms with Crippen molar-refractivity contribution in [3.8, 4) is 16.9 Å². The lowest BCUT2D eigenvalue weighted by Gasteiger charge is -2.20. The summed E-state index contributed by atoms with van der Waals surface area (Å²) in [5, 5.41) is 13.0. The Morgan fingerprint density at radius 1 is 1.03 bits per heavy atom. The highest BCUT2D eigenvalue weighted by molar-refractivity contribution is 8.00. The van der Waals surface area contributed by atoms with Gasteiger partial charge in [-0.2, -0.15) is 17.9 Å². The first kappa shape index (κ1) is 26.4. The van der Waals surface area contributed by atoms with Crippen molar-refractivity contribution in [1.29, 1.82) is 0 Å². The second kappa shape index (κ2) is 10.6. The smallest absolute Gasteiger partial charge is 0.513 e. The molecule has 0 saturated carbocycles. The summed E-state index contributed by atoms with van der Waals surface area (Å²) in [6, 6.07) is 13.7. The normalized spacial score (nSPS) is 11.6. The number of nitrogens with zero attached hydrogens (tertiary/aromatic N) is 1. The molecule has 0 saturated heterocycles. The number of hydrogen-bond donors (Lipinski definition) is 0. The number of aromatic nitrogens is 1. The minimum absolute atomic E-state index is 0.123. The standard InChI is InChI=1S/C26H26F3NO4S/c1-15(2)23-22(24(34-25(31)33-5)16(3)17(4)30(23)32)14-18-6-8-19(9-7-18)20-10-12-21(13-11-20)35-26(27,28)29/h6-13,15H,14H2,1-5H3. The van der Waals surface area contributed by atoms with Gasteiger partial charge in [0.05, 0.1) is 18.2 Å². The van der Waals surface area contributed by atoms with Crippen LogP contribution in [-0.2, 0) is 11.2 Å². The van der Waals surface area contributed by atoms with Crippen LogP contribution in [0.25, 0.3) is 11.1 Å². The zero-order valence-corrected chi connectivity index (χ0v) is 20.8. The van der Waals surface area contributed by atoms with E-state index in [9.17, 15) is 23.2 Å². The molecule has 0 aliphatic carbocycles. The lowest BCUT2D eigenvalue weighted by atomic mass is 9.93. The van der Waals surface area contributed by atoms with Gasteiger partial charge in [0, 0.05) is 24.2 Å². The van der Waals surface area contributed by atoms with Crippen molar-refractivity contribution in [1.82, 2.24) is 0 Å². The summed E-state index contributed by atoms with van der Waals surface area (Å²) in [6.07, 6.45) is -0.528. The van der Waals surface area contributed by atoms with Gasteiger partial charge in [0.1, 0.15) is 0 Å². The third-order valence-electron chi connectivity index (χ3n) is 5.65. The fourth-order valence-corrected chi connectivity index (χ4v) is 4.39. The van der Waals surface area contributed by atoms with E-state index in [1.54, 1.807) is 26.0 Å². The lowest BCUT2D eigenvalue weighted by Crippen LogP contribution is -2.39. The van der Waals surface area contributed by atoms with Gasteiger partial charge in [-0.15, -0.1) is 0 Å². The van der Waals surface area contributed by atoms with E-state index in [1.807, 2.05) is 38.1 Å². The molecule has 1 aromatic heterocycles. The monoisotopic (exact) mass is 505 g/mol. The Balaban J connectivity index is 1.95. The molecule has 0 radical (unpaired) electrons. The van der Waals surface area contributed by atoms with E-state index in [0.29, 0.717) is 34.7 Å². The van der Waals surface area contributed by atoms with Gasteiger partial charge in [0.15, 0.2) is 11.4 Å². The van der Waals surface area contributed by atoms with Crippen molar-refractivity contribution in [2.45, 2.75) is 50.4 Å². The van der Waals surface area contributed by atoms with Crippen molar-refractivity contribution < 1.29 is 32.2 Å².